The number of benzene rings is 3. The highest BCUT2D eigenvalue weighted by Crippen LogP contribution is 2.48. The highest BCUT2D eigenvalue weighted by molar-refractivity contribution is 9.10. The Morgan fingerprint density at radius 3 is 2.35 bits per heavy atom. The summed E-state index contributed by atoms with van der Waals surface area (Å²) in [5.74, 6) is -0.776. The number of dihydropyridines is 1. The molecule has 0 fully saturated rings. The van der Waals surface area contributed by atoms with Crippen LogP contribution in [-0.4, -0.2) is 21.3 Å². The van der Waals surface area contributed by atoms with Crippen LogP contribution in [0, 0.1) is 11.3 Å². The zero-order valence-corrected chi connectivity index (χ0v) is 24.4. The van der Waals surface area contributed by atoms with Crippen molar-refractivity contribution in [3.63, 3.8) is 0 Å². The summed E-state index contributed by atoms with van der Waals surface area (Å²) in [5.41, 5.74) is 4.75. The summed E-state index contributed by atoms with van der Waals surface area (Å²) >= 11 is 3.46. The second-order valence-corrected chi connectivity index (χ2v) is 12.3. The maximum atomic E-state index is 13.7. The van der Waals surface area contributed by atoms with Gasteiger partial charge in [-0.05, 0) is 64.0 Å². The van der Waals surface area contributed by atoms with Gasteiger partial charge in [0.2, 0.25) is 0 Å². The maximum absolute atomic E-state index is 13.7. The van der Waals surface area contributed by atoms with E-state index in [4.69, 9.17) is 8.92 Å². The Morgan fingerprint density at radius 1 is 1.02 bits per heavy atom. The topological polar surface area (TPSA) is 105 Å². The second-order valence-electron chi connectivity index (χ2n) is 9.84. The quantitative estimate of drug-likeness (QED) is 0.312. The van der Waals surface area contributed by atoms with Gasteiger partial charge in [-0.2, -0.15) is 13.7 Å². The van der Waals surface area contributed by atoms with Crippen molar-refractivity contribution < 1.29 is 22.1 Å². The van der Waals surface area contributed by atoms with Crippen LogP contribution in [0.2, 0.25) is 0 Å². The number of methoxy groups -OCH3 is 1. The van der Waals surface area contributed by atoms with Crippen molar-refractivity contribution in [1.82, 2.24) is 5.32 Å². The summed E-state index contributed by atoms with van der Waals surface area (Å²) in [5, 5.41) is 13.4. The third-order valence-corrected chi connectivity index (χ3v) is 8.90. The largest absolute Gasteiger partial charge is 0.493 e. The first kappa shape index (κ1) is 27.7. The molecule has 1 aliphatic heterocycles. The van der Waals surface area contributed by atoms with Crippen LogP contribution in [0.25, 0.3) is 0 Å². The number of allylic oxidation sites excluding steroid dienone is 4. The molecular weight excluding hydrogens is 592 g/mol. The van der Waals surface area contributed by atoms with Crippen LogP contribution < -0.4 is 14.2 Å². The highest BCUT2D eigenvalue weighted by atomic mass is 79.9. The highest BCUT2D eigenvalue weighted by Gasteiger charge is 2.39. The van der Waals surface area contributed by atoms with Crippen LogP contribution >= 0.6 is 15.9 Å². The van der Waals surface area contributed by atoms with E-state index in [1.807, 2.05) is 43.3 Å². The molecule has 9 heteroatoms. The fraction of sp³-hybridized carbons (Fsp3) is 0.226. The molecule has 0 amide bonds. The minimum atomic E-state index is -4.01. The number of Topliss-reactive ketones (excluding diaryl/α,β-unsaturated/α-hetero) is 1. The lowest BCUT2D eigenvalue weighted by molar-refractivity contribution is -0.116. The number of hydrogen-bond donors (Lipinski definition) is 1. The molecule has 1 N–H and O–H groups in total. The van der Waals surface area contributed by atoms with Crippen molar-refractivity contribution in [2.45, 2.75) is 37.4 Å². The number of hydrogen-bond acceptors (Lipinski definition) is 7. The van der Waals surface area contributed by atoms with Gasteiger partial charge >= 0.3 is 10.1 Å². The molecule has 0 radical (unpaired) electrons. The number of carbonyl (C=O) groups excluding carboxylic acids is 1. The van der Waals surface area contributed by atoms with E-state index in [1.165, 1.54) is 7.11 Å². The van der Waals surface area contributed by atoms with E-state index in [0.717, 1.165) is 11.3 Å². The normalized spacial score (nSPS) is 19.0. The van der Waals surface area contributed by atoms with E-state index < -0.39 is 16.0 Å². The van der Waals surface area contributed by atoms with Crippen molar-refractivity contribution in [1.29, 1.82) is 5.26 Å². The average molecular weight is 620 g/mol. The Bertz CT molecular complexity index is 1680. The van der Waals surface area contributed by atoms with Crippen LogP contribution in [0.4, 0.5) is 0 Å². The Balaban J connectivity index is 1.53. The molecule has 204 valence electrons. The minimum absolute atomic E-state index is 0.00337. The van der Waals surface area contributed by atoms with E-state index in [9.17, 15) is 18.5 Å². The van der Waals surface area contributed by atoms with Gasteiger partial charge in [-0.3, -0.25) is 4.79 Å². The zero-order chi connectivity index (χ0) is 28.4. The first-order valence-corrected chi connectivity index (χ1v) is 15.1. The predicted octanol–water partition coefficient (Wildman–Crippen LogP) is 6.25. The van der Waals surface area contributed by atoms with Gasteiger partial charge in [0.15, 0.2) is 17.3 Å². The Morgan fingerprint density at radius 2 is 1.70 bits per heavy atom. The molecule has 0 saturated carbocycles. The van der Waals surface area contributed by atoms with Gasteiger partial charge in [0.1, 0.15) is 5.75 Å². The molecule has 3 aromatic carbocycles. The van der Waals surface area contributed by atoms with Crippen molar-refractivity contribution in [2.75, 3.05) is 7.11 Å². The number of rotatable bonds is 7. The van der Waals surface area contributed by atoms with E-state index in [-0.39, 0.29) is 29.0 Å². The smallest absolute Gasteiger partial charge is 0.313 e. The van der Waals surface area contributed by atoms with Crippen LogP contribution in [-0.2, 0) is 20.7 Å². The third kappa shape index (κ3) is 5.55. The molecular formula is C31H27BrN2O5S. The molecule has 3 aromatic rings. The monoisotopic (exact) mass is 618 g/mol. The average Bonchev–Trinajstić information content (AvgIpc) is 2.93. The summed E-state index contributed by atoms with van der Waals surface area (Å²) < 4.78 is 37.2. The first-order valence-electron chi connectivity index (χ1n) is 12.7. The molecule has 40 heavy (non-hydrogen) atoms. The minimum Gasteiger partial charge on any atom is -0.493 e. The molecule has 0 aromatic heterocycles. The van der Waals surface area contributed by atoms with Crippen molar-refractivity contribution >= 4 is 31.8 Å². The first-order chi connectivity index (χ1) is 19.2. The van der Waals surface area contributed by atoms with Gasteiger partial charge in [0.05, 0.1) is 29.1 Å². The number of carbonyl (C=O) groups is 1. The van der Waals surface area contributed by atoms with Gasteiger partial charge in [0.25, 0.3) is 0 Å². The SMILES string of the molecule is COc1cc(C2C(C#N)=C(C)NC3=C2C(=O)CC(c2ccccc2)C3)cc(Br)c1OS(=O)(=O)Cc1ccccc1. The predicted molar refractivity (Wildman–Crippen MR) is 155 cm³/mol. The number of ketones is 1. The van der Waals surface area contributed by atoms with E-state index in [0.29, 0.717) is 45.3 Å². The zero-order valence-electron chi connectivity index (χ0n) is 22.0. The van der Waals surface area contributed by atoms with Crippen molar-refractivity contribution in [2.24, 2.45) is 0 Å². The lowest BCUT2D eigenvalue weighted by Crippen LogP contribution is -2.33. The van der Waals surface area contributed by atoms with Gasteiger partial charge < -0.3 is 14.2 Å². The van der Waals surface area contributed by atoms with Crippen molar-refractivity contribution in [3.8, 4) is 17.6 Å². The van der Waals surface area contributed by atoms with Crippen LogP contribution in [0.15, 0.2) is 99.8 Å². The molecule has 0 saturated heterocycles. The van der Waals surface area contributed by atoms with Gasteiger partial charge in [-0.15, -0.1) is 0 Å². The molecule has 2 aliphatic rings. The Kier molecular flexibility index (Phi) is 7.83. The molecule has 1 aliphatic carbocycles. The molecule has 0 spiro atoms. The summed E-state index contributed by atoms with van der Waals surface area (Å²) in [6, 6.07) is 24.3. The lowest BCUT2D eigenvalue weighted by Gasteiger charge is -2.36. The molecule has 5 rings (SSSR count). The maximum Gasteiger partial charge on any atom is 0.313 e. The van der Waals surface area contributed by atoms with Crippen LogP contribution in [0.3, 0.4) is 0 Å². The fourth-order valence-corrected chi connectivity index (χ4v) is 7.14. The molecule has 7 nitrogen and oxygen atoms in total. The summed E-state index contributed by atoms with van der Waals surface area (Å²) in [4.78, 5) is 13.7. The molecule has 2 unspecified atom stereocenters. The Hall–Kier alpha value is -3.87. The van der Waals surface area contributed by atoms with Gasteiger partial charge in [0, 0.05) is 23.4 Å². The van der Waals surface area contributed by atoms with Crippen LogP contribution in [0.5, 0.6) is 11.5 Å². The summed E-state index contributed by atoms with van der Waals surface area (Å²) in [6.45, 7) is 1.83. The third-order valence-electron chi connectivity index (χ3n) is 7.20. The number of nitriles is 1. The second kappa shape index (κ2) is 11.3. The van der Waals surface area contributed by atoms with Gasteiger partial charge in [-0.25, -0.2) is 0 Å². The molecule has 2 atom stereocenters. The molecule has 1 heterocycles. The van der Waals surface area contributed by atoms with Crippen LogP contribution in [0.1, 0.15) is 48.3 Å². The summed E-state index contributed by atoms with van der Waals surface area (Å²) in [6.07, 6.45) is 0.963. The number of nitrogens with one attached hydrogen (secondary N) is 1. The van der Waals surface area contributed by atoms with Gasteiger partial charge in [-0.1, -0.05) is 60.7 Å². The fourth-order valence-electron chi connectivity index (χ4n) is 5.40. The summed E-state index contributed by atoms with van der Waals surface area (Å²) in [7, 11) is -2.60. The lowest BCUT2D eigenvalue weighted by atomic mass is 9.72. The number of nitrogens with zero attached hydrogens (tertiary/aromatic N) is 1. The van der Waals surface area contributed by atoms with E-state index in [2.05, 4.69) is 27.3 Å². The number of halogens is 1. The molecule has 0 bridgehead atoms. The number of ether oxygens (including phenoxy) is 1. The van der Waals surface area contributed by atoms with E-state index >= 15 is 0 Å². The Labute approximate surface area is 242 Å². The van der Waals surface area contributed by atoms with E-state index in [1.54, 1.807) is 36.4 Å². The van der Waals surface area contributed by atoms with Crippen molar-refractivity contribution in [3.05, 3.63) is 116 Å². The standard InChI is InChI=1S/C31H27BrN2O5S/c1-19-24(17-33)29(30-26(34-19)14-22(15-27(30)35)21-11-7-4-8-12-21)23-13-25(32)31(28(16-23)38-2)39-40(36,37)18-20-9-5-3-6-10-20/h3-13,16,22,29,34H,14-15,18H2,1-2H3.